The van der Waals surface area contributed by atoms with E-state index in [2.05, 4.69) is 6.92 Å². The molecule has 1 saturated heterocycles. The van der Waals surface area contributed by atoms with Crippen LogP contribution in [0.15, 0.2) is 0 Å². The Labute approximate surface area is 235 Å². The first-order valence-corrected chi connectivity index (χ1v) is 21.5. The van der Waals surface area contributed by atoms with E-state index in [-0.39, 0.29) is 0 Å². The lowest BCUT2D eigenvalue weighted by Gasteiger charge is -2.20. The lowest BCUT2D eigenvalue weighted by atomic mass is 10.0. The number of hydrogen-bond acceptors (Lipinski definition) is 4. The standard InChI is InChI=1S/C28H64O4Si4/c1-2-3-4-5-6-7-8-9-10-11-12-13-14-15-16-17-18-19-20-21-22-23-24-25-26-27-28-36-31-34-29-33-30-35-32-36/h36H,2-28,33-35H2,1H3. The van der Waals surface area contributed by atoms with Crippen molar-refractivity contribution in [2.24, 2.45) is 0 Å². The van der Waals surface area contributed by atoms with Crippen LogP contribution in [0.5, 0.6) is 0 Å². The Morgan fingerprint density at radius 2 is 0.639 bits per heavy atom. The van der Waals surface area contributed by atoms with Crippen molar-refractivity contribution in [1.29, 1.82) is 0 Å². The summed E-state index contributed by atoms with van der Waals surface area (Å²) >= 11 is 0. The van der Waals surface area contributed by atoms with Gasteiger partial charge in [-0.15, -0.1) is 0 Å². The molecule has 0 aromatic heterocycles. The molecule has 0 atom stereocenters. The summed E-state index contributed by atoms with van der Waals surface area (Å²) in [6.07, 6.45) is 37.6. The highest BCUT2D eigenvalue weighted by Gasteiger charge is 2.15. The van der Waals surface area contributed by atoms with Crippen molar-refractivity contribution in [2.75, 3.05) is 0 Å². The van der Waals surface area contributed by atoms with Gasteiger partial charge >= 0.3 is 9.28 Å². The monoisotopic (exact) mass is 576 g/mol. The number of unbranched alkanes of at least 4 members (excludes halogenated alkanes) is 25. The third-order valence-electron chi connectivity index (χ3n) is 7.63. The van der Waals surface area contributed by atoms with E-state index in [1.165, 1.54) is 167 Å². The quantitative estimate of drug-likeness (QED) is 0.0752. The zero-order valence-corrected chi connectivity index (χ0v) is 29.8. The molecule has 0 radical (unpaired) electrons. The van der Waals surface area contributed by atoms with Crippen molar-refractivity contribution in [2.45, 2.75) is 180 Å². The zero-order valence-electron chi connectivity index (χ0n) is 24.4. The summed E-state index contributed by atoms with van der Waals surface area (Å²) in [5, 5.41) is 0. The molecule has 1 aliphatic heterocycles. The van der Waals surface area contributed by atoms with Crippen LogP contribution in [0.4, 0.5) is 0 Å². The predicted octanol–water partition coefficient (Wildman–Crippen LogP) is 7.45. The van der Waals surface area contributed by atoms with Crippen LogP contribution in [-0.2, 0) is 16.5 Å². The summed E-state index contributed by atoms with van der Waals surface area (Å²) in [5.74, 6) is 0. The smallest absolute Gasteiger partial charge is 0.303 e. The van der Waals surface area contributed by atoms with Gasteiger partial charge in [0.2, 0.25) is 0 Å². The summed E-state index contributed by atoms with van der Waals surface area (Å²) in [6.45, 7) is 2.30. The molecule has 1 fully saturated rings. The average molecular weight is 577 g/mol. The first-order chi connectivity index (χ1) is 17.9. The second-order valence-corrected chi connectivity index (χ2v) is 19.2. The molecule has 0 aromatic rings. The van der Waals surface area contributed by atoms with Crippen molar-refractivity contribution >= 4 is 39.3 Å². The molecule has 1 heterocycles. The topological polar surface area (TPSA) is 36.9 Å². The van der Waals surface area contributed by atoms with Gasteiger partial charge in [0.05, 0.1) is 0 Å². The molecule has 0 amide bonds. The first-order valence-electron chi connectivity index (χ1n) is 16.3. The van der Waals surface area contributed by atoms with Crippen molar-refractivity contribution in [1.82, 2.24) is 0 Å². The Morgan fingerprint density at radius 1 is 0.361 bits per heavy atom. The molecule has 8 heteroatoms. The van der Waals surface area contributed by atoms with Gasteiger partial charge in [-0.1, -0.05) is 174 Å². The predicted molar refractivity (Wildman–Crippen MR) is 168 cm³/mol. The van der Waals surface area contributed by atoms with Crippen LogP contribution in [0.25, 0.3) is 0 Å². The van der Waals surface area contributed by atoms with E-state index >= 15 is 0 Å². The molecule has 0 aliphatic carbocycles. The molecule has 0 bridgehead atoms. The molecule has 0 unspecified atom stereocenters. The molecule has 0 spiro atoms. The van der Waals surface area contributed by atoms with Crippen LogP contribution < -0.4 is 0 Å². The molecule has 1 aliphatic rings. The van der Waals surface area contributed by atoms with Crippen molar-refractivity contribution < 1.29 is 16.5 Å². The van der Waals surface area contributed by atoms with Crippen LogP contribution in [-0.4, -0.2) is 39.3 Å². The zero-order chi connectivity index (χ0) is 25.6. The largest absolute Gasteiger partial charge is 0.425 e. The second-order valence-electron chi connectivity index (χ2n) is 11.2. The van der Waals surface area contributed by atoms with Gasteiger partial charge < -0.3 is 16.5 Å². The highest BCUT2D eigenvalue weighted by Crippen LogP contribution is 2.16. The molecular weight excluding hydrogens is 513 g/mol. The highest BCUT2D eigenvalue weighted by atomic mass is 28.4. The van der Waals surface area contributed by atoms with Crippen molar-refractivity contribution in [3.8, 4) is 0 Å². The second kappa shape index (κ2) is 30.3. The number of rotatable bonds is 27. The Morgan fingerprint density at radius 3 is 0.944 bits per heavy atom. The van der Waals surface area contributed by atoms with Crippen molar-refractivity contribution in [3.63, 3.8) is 0 Å². The van der Waals surface area contributed by atoms with Crippen LogP contribution in [0.2, 0.25) is 6.04 Å². The Balaban J connectivity index is 1.65. The summed E-state index contributed by atoms with van der Waals surface area (Å²) in [5.41, 5.74) is 0. The summed E-state index contributed by atoms with van der Waals surface area (Å²) < 4.78 is 22.7. The van der Waals surface area contributed by atoms with E-state index in [9.17, 15) is 0 Å². The molecule has 0 aromatic carbocycles. The van der Waals surface area contributed by atoms with E-state index < -0.39 is 39.3 Å². The van der Waals surface area contributed by atoms with E-state index in [0.717, 1.165) is 6.04 Å². The maximum absolute atomic E-state index is 5.86. The Bertz CT molecular complexity index is 413. The molecule has 1 rings (SSSR count). The van der Waals surface area contributed by atoms with Gasteiger partial charge in [-0.25, -0.2) is 0 Å². The van der Waals surface area contributed by atoms with Crippen LogP contribution in [0.3, 0.4) is 0 Å². The van der Waals surface area contributed by atoms with Gasteiger partial charge in [0.25, 0.3) is 30.0 Å². The molecule has 36 heavy (non-hydrogen) atoms. The molecule has 216 valence electrons. The Hall–Kier alpha value is 0.708. The molecule has 4 nitrogen and oxygen atoms in total. The fourth-order valence-corrected chi connectivity index (χ4v) is 14.2. The van der Waals surface area contributed by atoms with E-state index in [1.807, 2.05) is 0 Å². The van der Waals surface area contributed by atoms with Crippen LogP contribution in [0.1, 0.15) is 174 Å². The number of hydrogen-bond donors (Lipinski definition) is 0. The van der Waals surface area contributed by atoms with Gasteiger partial charge in [0.1, 0.15) is 0 Å². The normalized spacial score (nSPS) is 18.8. The SMILES string of the molecule is CCCCCCCCCCCCCCCCCCCCCCCCCCCC[SiH]1O[SiH2]O[SiH2]O[SiH2]O1. The maximum atomic E-state index is 5.86. The highest BCUT2D eigenvalue weighted by molar-refractivity contribution is 6.59. The summed E-state index contributed by atoms with van der Waals surface area (Å²) in [7, 11) is -3.69. The maximum Gasteiger partial charge on any atom is 0.303 e. The average Bonchev–Trinajstić information content (AvgIpc) is 2.87. The van der Waals surface area contributed by atoms with Gasteiger partial charge in [0.15, 0.2) is 0 Å². The van der Waals surface area contributed by atoms with Gasteiger partial charge in [-0.05, 0) is 6.04 Å². The summed E-state index contributed by atoms with van der Waals surface area (Å²) in [4.78, 5) is 0. The Kier molecular flexibility index (Phi) is 29.2. The van der Waals surface area contributed by atoms with E-state index in [1.54, 1.807) is 0 Å². The van der Waals surface area contributed by atoms with E-state index in [4.69, 9.17) is 16.5 Å². The lowest BCUT2D eigenvalue weighted by molar-refractivity contribution is 0.327. The van der Waals surface area contributed by atoms with Gasteiger partial charge in [-0.2, -0.15) is 0 Å². The molecule has 0 N–H and O–H groups in total. The molecular formula is C28H64O4Si4. The van der Waals surface area contributed by atoms with Gasteiger partial charge in [-0.3, -0.25) is 0 Å². The lowest BCUT2D eigenvalue weighted by Crippen LogP contribution is -2.33. The fraction of sp³-hybridized carbons (Fsp3) is 1.00. The third-order valence-corrected chi connectivity index (χ3v) is 15.2. The van der Waals surface area contributed by atoms with Crippen LogP contribution in [0, 0.1) is 0 Å². The summed E-state index contributed by atoms with van der Waals surface area (Å²) in [6, 6.07) is 1.16. The van der Waals surface area contributed by atoms with E-state index in [0.29, 0.717) is 0 Å². The molecule has 0 saturated carbocycles. The minimum atomic E-state index is -1.41. The first kappa shape index (κ1) is 34.7. The van der Waals surface area contributed by atoms with Gasteiger partial charge in [0, 0.05) is 0 Å². The van der Waals surface area contributed by atoms with Crippen LogP contribution >= 0.6 is 0 Å². The fourth-order valence-electron chi connectivity index (χ4n) is 5.22. The van der Waals surface area contributed by atoms with Crippen molar-refractivity contribution in [3.05, 3.63) is 0 Å². The minimum absolute atomic E-state index is 0.731. The third kappa shape index (κ3) is 26.3. The minimum Gasteiger partial charge on any atom is -0.425 e.